The fourth-order valence-electron chi connectivity index (χ4n) is 3.44. The lowest BCUT2D eigenvalue weighted by molar-refractivity contribution is 0.307. The number of phenols is 1. The molecule has 0 aliphatic rings. The second-order valence-electron chi connectivity index (χ2n) is 9.93. The molecule has 0 saturated carbocycles. The lowest BCUT2D eigenvalue weighted by atomic mass is 9.86. The third kappa shape index (κ3) is 5.85. The number of aromatic nitrogens is 3. The van der Waals surface area contributed by atoms with Crippen LogP contribution in [0.1, 0.15) is 66.4 Å². The minimum absolute atomic E-state index is 0.0791. The van der Waals surface area contributed by atoms with Crippen LogP contribution < -0.4 is 4.74 Å². The van der Waals surface area contributed by atoms with E-state index >= 15 is 0 Å². The van der Waals surface area contributed by atoms with Gasteiger partial charge in [-0.05, 0) is 48.4 Å². The van der Waals surface area contributed by atoms with E-state index < -0.39 is 9.84 Å². The van der Waals surface area contributed by atoms with E-state index in [2.05, 4.69) is 17.1 Å². The van der Waals surface area contributed by atoms with Crippen molar-refractivity contribution in [1.82, 2.24) is 15.0 Å². The lowest BCUT2D eigenvalue weighted by Crippen LogP contribution is -2.14. The predicted octanol–water partition coefficient (Wildman–Crippen LogP) is 5.42. The molecule has 2 aromatic carbocycles. The number of benzene rings is 2. The van der Waals surface area contributed by atoms with Crippen LogP contribution in [0.4, 0.5) is 0 Å². The summed E-state index contributed by atoms with van der Waals surface area (Å²) < 4.78 is 31.4. The van der Waals surface area contributed by atoms with Gasteiger partial charge in [-0.25, -0.2) is 8.42 Å². The topological polar surface area (TPSA) is 94.3 Å². The molecule has 0 aliphatic carbocycles. The van der Waals surface area contributed by atoms with Gasteiger partial charge in [0.2, 0.25) is 0 Å². The molecule has 8 heteroatoms. The molecule has 33 heavy (non-hydrogen) atoms. The number of rotatable bonds is 9. The minimum atomic E-state index is -3.40. The number of unbranched alkanes of at least 4 members (excludes halogenated alkanes) is 1. The molecule has 1 N–H and O–H groups in total. The first kappa shape index (κ1) is 25.0. The molecule has 0 atom stereocenters. The van der Waals surface area contributed by atoms with Crippen molar-refractivity contribution in [2.24, 2.45) is 5.92 Å². The van der Waals surface area contributed by atoms with Gasteiger partial charge in [-0.15, -0.1) is 15.0 Å². The van der Waals surface area contributed by atoms with Gasteiger partial charge in [0.05, 0.1) is 17.3 Å². The number of nitrogens with zero attached hydrogens (tertiary/aromatic N) is 3. The summed E-state index contributed by atoms with van der Waals surface area (Å²) in [6.07, 6.45) is 2.55. The quantitative estimate of drug-likeness (QED) is 0.417. The van der Waals surface area contributed by atoms with Crippen LogP contribution in [0.15, 0.2) is 35.2 Å². The van der Waals surface area contributed by atoms with E-state index in [1.165, 1.54) is 4.80 Å². The van der Waals surface area contributed by atoms with Crippen molar-refractivity contribution in [2.45, 2.75) is 71.1 Å². The van der Waals surface area contributed by atoms with Crippen molar-refractivity contribution in [3.8, 4) is 17.2 Å². The van der Waals surface area contributed by atoms with Crippen LogP contribution in [0, 0.1) is 5.92 Å². The van der Waals surface area contributed by atoms with Crippen molar-refractivity contribution in [2.75, 3.05) is 12.4 Å². The molecule has 0 fully saturated rings. The molecule has 0 unspecified atom stereocenters. The Morgan fingerprint density at radius 3 is 2.42 bits per heavy atom. The van der Waals surface area contributed by atoms with Gasteiger partial charge in [0, 0.05) is 11.6 Å². The van der Waals surface area contributed by atoms with Crippen molar-refractivity contribution in [3.63, 3.8) is 0 Å². The highest BCUT2D eigenvalue weighted by Gasteiger charge is 2.24. The SMILES string of the molecule is CCCCOc1cc(-n2nc3ccc(S(=O)(=O)CCC(C)C)cc3n2)c(O)c(C(C)(C)C)c1. The normalized spacial score (nSPS) is 12.6. The Labute approximate surface area is 196 Å². The first-order chi connectivity index (χ1) is 15.4. The third-order valence-electron chi connectivity index (χ3n) is 5.53. The maximum absolute atomic E-state index is 12.7. The van der Waals surface area contributed by atoms with Crippen molar-refractivity contribution in [3.05, 3.63) is 35.9 Å². The summed E-state index contributed by atoms with van der Waals surface area (Å²) in [5.74, 6) is 1.11. The van der Waals surface area contributed by atoms with Crippen molar-refractivity contribution >= 4 is 20.9 Å². The first-order valence-corrected chi connectivity index (χ1v) is 13.2. The fourth-order valence-corrected chi connectivity index (χ4v) is 5.02. The highest BCUT2D eigenvalue weighted by Crippen LogP contribution is 2.38. The zero-order valence-electron chi connectivity index (χ0n) is 20.4. The monoisotopic (exact) mass is 473 g/mol. The third-order valence-corrected chi connectivity index (χ3v) is 7.27. The smallest absolute Gasteiger partial charge is 0.178 e. The van der Waals surface area contributed by atoms with Crippen LogP contribution in [0.3, 0.4) is 0 Å². The Morgan fingerprint density at radius 2 is 1.79 bits per heavy atom. The summed E-state index contributed by atoms with van der Waals surface area (Å²) in [6.45, 7) is 12.7. The molecule has 1 aromatic heterocycles. The summed E-state index contributed by atoms with van der Waals surface area (Å²) >= 11 is 0. The predicted molar refractivity (Wildman–Crippen MR) is 131 cm³/mol. The number of hydrogen-bond donors (Lipinski definition) is 1. The standard InChI is InChI=1S/C25H35N3O4S/c1-7-8-12-32-18-14-20(25(4,5)6)24(29)23(15-18)28-26-21-10-9-19(16-22(21)27-28)33(30,31)13-11-17(2)3/h9-10,14-17,29H,7-8,11-13H2,1-6H3. The van der Waals surface area contributed by atoms with Crippen LogP contribution in [0.2, 0.25) is 0 Å². The molecule has 180 valence electrons. The zero-order valence-corrected chi connectivity index (χ0v) is 21.2. The second-order valence-corrected chi connectivity index (χ2v) is 12.0. The largest absolute Gasteiger partial charge is 0.505 e. The molecule has 0 saturated heterocycles. The van der Waals surface area contributed by atoms with Gasteiger partial charge in [-0.3, -0.25) is 0 Å². The van der Waals surface area contributed by atoms with Crippen LogP contribution >= 0.6 is 0 Å². The average Bonchev–Trinajstić information content (AvgIpc) is 3.16. The Bertz CT molecular complexity index is 1220. The molecular formula is C25H35N3O4S. The second kappa shape index (κ2) is 9.71. The Hall–Kier alpha value is -2.61. The van der Waals surface area contributed by atoms with Crippen LogP contribution in [-0.4, -0.2) is 40.9 Å². The van der Waals surface area contributed by atoms with E-state index in [0.29, 0.717) is 41.4 Å². The van der Waals surface area contributed by atoms with Gasteiger partial charge < -0.3 is 9.84 Å². The maximum atomic E-state index is 12.7. The van der Waals surface area contributed by atoms with E-state index in [4.69, 9.17) is 4.74 Å². The van der Waals surface area contributed by atoms with Gasteiger partial charge >= 0.3 is 0 Å². The van der Waals surface area contributed by atoms with Crippen molar-refractivity contribution < 1.29 is 18.3 Å². The number of fused-ring (bicyclic) bond motifs is 1. The lowest BCUT2D eigenvalue weighted by Gasteiger charge is -2.23. The summed E-state index contributed by atoms with van der Waals surface area (Å²) in [4.78, 5) is 1.59. The van der Waals surface area contributed by atoms with E-state index in [0.717, 1.165) is 18.4 Å². The Balaban J connectivity index is 2.05. The summed E-state index contributed by atoms with van der Waals surface area (Å²) in [5, 5.41) is 20.0. The molecule has 3 aromatic rings. The van der Waals surface area contributed by atoms with Crippen molar-refractivity contribution in [1.29, 1.82) is 0 Å². The summed E-state index contributed by atoms with van der Waals surface area (Å²) in [5.41, 5.74) is 1.80. The highest BCUT2D eigenvalue weighted by atomic mass is 32.2. The molecule has 0 spiro atoms. The Morgan fingerprint density at radius 1 is 1.09 bits per heavy atom. The van der Waals surface area contributed by atoms with Gasteiger partial charge in [-0.2, -0.15) is 0 Å². The Kier molecular flexibility index (Phi) is 7.36. The maximum Gasteiger partial charge on any atom is 0.178 e. The number of ether oxygens (including phenoxy) is 1. The number of phenolic OH excluding ortho intramolecular Hbond substituents is 1. The number of sulfone groups is 1. The average molecular weight is 474 g/mol. The molecular weight excluding hydrogens is 438 g/mol. The fraction of sp³-hybridized carbons (Fsp3) is 0.520. The molecule has 7 nitrogen and oxygen atoms in total. The number of aromatic hydroxyl groups is 1. The minimum Gasteiger partial charge on any atom is -0.505 e. The summed E-state index contributed by atoms with van der Waals surface area (Å²) in [7, 11) is -3.40. The zero-order chi connectivity index (χ0) is 24.4. The van der Waals surface area contributed by atoms with E-state index in [1.54, 1.807) is 24.3 Å². The van der Waals surface area contributed by atoms with Crippen LogP contribution in [0.25, 0.3) is 16.7 Å². The molecule has 0 radical (unpaired) electrons. The first-order valence-electron chi connectivity index (χ1n) is 11.5. The van der Waals surface area contributed by atoms with Gasteiger partial charge in [0.15, 0.2) is 9.84 Å². The van der Waals surface area contributed by atoms with Gasteiger partial charge in [0.25, 0.3) is 0 Å². The van der Waals surface area contributed by atoms with Gasteiger partial charge in [0.1, 0.15) is 28.2 Å². The van der Waals surface area contributed by atoms with E-state index in [-0.39, 0.29) is 21.8 Å². The molecule has 0 bridgehead atoms. The molecule has 3 rings (SSSR count). The van der Waals surface area contributed by atoms with Crippen LogP contribution in [-0.2, 0) is 15.3 Å². The molecule has 1 heterocycles. The van der Waals surface area contributed by atoms with Crippen LogP contribution in [0.5, 0.6) is 11.5 Å². The molecule has 0 amide bonds. The summed E-state index contributed by atoms with van der Waals surface area (Å²) in [6, 6.07) is 8.36. The van der Waals surface area contributed by atoms with E-state index in [1.807, 2.05) is 40.7 Å². The van der Waals surface area contributed by atoms with E-state index in [9.17, 15) is 13.5 Å². The highest BCUT2D eigenvalue weighted by molar-refractivity contribution is 7.91. The molecule has 0 aliphatic heterocycles. The van der Waals surface area contributed by atoms with Gasteiger partial charge in [-0.1, -0.05) is 48.0 Å². The number of hydrogen-bond acceptors (Lipinski definition) is 6.